The van der Waals surface area contributed by atoms with Crippen LogP contribution in [0.15, 0.2) is 47.4 Å². The van der Waals surface area contributed by atoms with Crippen LogP contribution in [0.2, 0.25) is 0 Å². The van der Waals surface area contributed by atoms with Crippen molar-refractivity contribution < 1.29 is 40.6 Å². The minimum absolute atomic E-state index is 0.129. The van der Waals surface area contributed by atoms with Crippen molar-refractivity contribution in [1.82, 2.24) is 4.31 Å². The van der Waals surface area contributed by atoms with Crippen LogP contribution in [0, 0.1) is 5.82 Å². The summed E-state index contributed by atoms with van der Waals surface area (Å²) in [6.45, 7) is 1.04. The molecule has 1 fully saturated rings. The van der Waals surface area contributed by atoms with Gasteiger partial charge >= 0.3 is 12.4 Å². The number of aliphatic hydroxyl groups is 1. The number of nitrogens with zero attached hydrogens (tertiary/aromatic N) is 2. The maximum absolute atomic E-state index is 13.3. The fourth-order valence-electron chi connectivity index (χ4n) is 3.38. The fourth-order valence-corrected chi connectivity index (χ4v) is 4.28. The van der Waals surface area contributed by atoms with Crippen LogP contribution in [-0.2, 0) is 16.6 Å². The summed E-state index contributed by atoms with van der Waals surface area (Å²) in [5.41, 5.74) is -0.983. The molecule has 0 aromatic heterocycles. The minimum Gasteiger partial charge on any atom is -0.369 e. The Labute approximate surface area is 188 Å². The molecule has 0 spiro atoms. The molecule has 1 unspecified atom stereocenters. The number of amides is 1. The second kappa shape index (κ2) is 9.03. The summed E-state index contributed by atoms with van der Waals surface area (Å²) in [6.07, 6.45) is -10.0. The molecule has 180 valence electrons. The molecule has 1 aliphatic heterocycles. The first-order chi connectivity index (χ1) is 15.2. The quantitative estimate of drug-likeness (QED) is 0.485. The van der Waals surface area contributed by atoms with E-state index in [-0.39, 0.29) is 18.8 Å². The van der Waals surface area contributed by atoms with E-state index in [0.717, 1.165) is 36.2 Å². The highest BCUT2D eigenvalue weighted by atomic mass is 32.2. The van der Waals surface area contributed by atoms with E-state index in [2.05, 4.69) is 0 Å². The number of anilines is 1. The summed E-state index contributed by atoms with van der Waals surface area (Å²) in [5.74, 6) is -2.94. The van der Waals surface area contributed by atoms with E-state index < -0.39 is 40.8 Å². The van der Waals surface area contributed by atoms with Crippen LogP contribution in [0.3, 0.4) is 0 Å². The van der Waals surface area contributed by atoms with E-state index in [1.165, 1.54) is 17.0 Å². The average Bonchev–Trinajstić information content (AvgIpc) is 2.73. The zero-order valence-electron chi connectivity index (χ0n) is 16.8. The molecule has 2 aromatic rings. The van der Waals surface area contributed by atoms with Gasteiger partial charge in [0, 0.05) is 42.3 Å². The number of carbonyl (C=O) groups excluding carboxylic acids is 1. The molecule has 0 saturated carbocycles. The first kappa shape index (κ1) is 25.1. The Morgan fingerprint density at radius 3 is 2.00 bits per heavy atom. The van der Waals surface area contributed by atoms with Crippen LogP contribution in [0.4, 0.5) is 36.4 Å². The van der Waals surface area contributed by atoms with Crippen LogP contribution in [-0.4, -0.2) is 47.7 Å². The molecular weight excluding hydrogens is 479 g/mol. The van der Waals surface area contributed by atoms with E-state index in [1.54, 1.807) is 4.31 Å². The Morgan fingerprint density at radius 1 is 0.939 bits per heavy atom. The highest BCUT2D eigenvalue weighted by molar-refractivity contribution is 7.97. The third kappa shape index (κ3) is 5.20. The number of alkyl halides is 6. The van der Waals surface area contributed by atoms with Gasteiger partial charge in [0.2, 0.25) is 0 Å². The Morgan fingerprint density at radius 2 is 1.52 bits per heavy atom. The van der Waals surface area contributed by atoms with E-state index in [0.29, 0.717) is 24.1 Å². The smallest absolute Gasteiger partial charge is 0.369 e. The van der Waals surface area contributed by atoms with Crippen molar-refractivity contribution >= 4 is 23.5 Å². The van der Waals surface area contributed by atoms with Crippen LogP contribution in [0.1, 0.15) is 11.1 Å². The van der Waals surface area contributed by atoms with E-state index in [4.69, 9.17) is 5.73 Å². The van der Waals surface area contributed by atoms with Crippen molar-refractivity contribution in [1.29, 1.82) is 0 Å². The Hall–Kier alpha value is -2.51. The van der Waals surface area contributed by atoms with Crippen LogP contribution in [0.25, 0.3) is 0 Å². The van der Waals surface area contributed by atoms with Gasteiger partial charge in [-0.05, 0) is 42.3 Å². The number of piperazine rings is 1. The molecular formula is C20H18F7N3O2S. The van der Waals surface area contributed by atoms with E-state index in [1.807, 2.05) is 0 Å². The van der Waals surface area contributed by atoms with E-state index in [9.17, 15) is 40.6 Å². The monoisotopic (exact) mass is 497 g/mol. The molecule has 0 radical (unpaired) electrons. The molecule has 1 saturated heterocycles. The fraction of sp³-hybridized carbons (Fsp3) is 0.350. The Bertz CT molecular complexity index is 1010. The second-order valence-electron chi connectivity index (χ2n) is 7.26. The number of rotatable bonds is 5. The van der Waals surface area contributed by atoms with Crippen molar-refractivity contribution in [2.45, 2.75) is 22.8 Å². The lowest BCUT2D eigenvalue weighted by Crippen LogP contribution is -2.52. The summed E-state index contributed by atoms with van der Waals surface area (Å²) in [7, 11) is 0. The molecule has 1 aliphatic rings. The molecule has 3 N–H and O–H groups in total. The van der Waals surface area contributed by atoms with Crippen LogP contribution in [0.5, 0.6) is 0 Å². The standard InChI is InChI=1S/C20H18F7N3O2S/c21-13-3-6-16(15(11-13)19(22,23)24)29-7-9-30(10-8-29)33-14-4-1-12(2-5-14)18(32,17(28)31)20(25,26)27/h1-6,11,32H,7-10H2,(H2,28,31). The average molecular weight is 497 g/mol. The van der Waals surface area contributed by atoms with Crippen LogP contribution < -0.4 is 10.6 Å². The lowest BCUT2D eigenvalue weighted by molar-refractivity contribution is -0.255. The van der Waals surface area contributed by atoms with Crippen molar-refractivity contribution in [3.8, 4) is 0 Å². The van der Waals surface area contributed by atoms with Gasteiger partial charge < -0.3 is 15.7 Å². The van der Waals surface area contributed by atoms with Gasteiger partial charge in [-0.2, -0.15) is 26.3 Å². The maximum atomic E-state index is 13.3. The van der Waals surface area contributed by atoms with Crippen molar-refractivity contribution in [3.05, 3.63) is 59.4 Å². The predicted molar refractivity (Wildman–Crippen MR) is 107 cm³/mol. The van der Waals surface area contributed by atoms with Crippen molar-refractivity contribution in [2.24, 2.45) is 5.73 Å². The number of primary amides is 1. The van der Waals surface area contributed by atoms with Gasteiger partial charge in [-0.3, -0.25) is 4.79 Å². The molecule has 1 atom stereocenters. The lowest BCUT2D eigenvalue weighted by Gasteiger charge is -2.36. The number of hydrogen-bond acceptors (Lipinski definition) is 5. The summed E-state index contributed by atoms with van der Waals surface area (Å²) < 4.78 is 94.4. The van der Waals surface area contributed by atoms with Gasteiger partial charge in [0.15, 0.2) is 0 Å². The number of hydrogen-bond donors (Lipinski definition) is 2. The van der Waals surface area contributed by atoms with E-state index >= 15 is 0 Å². The highest BCUT2D eigenvalue weighted by Crippen LogP contribution is 2.40. The molecule has 13 heteroatoms. The molecule has 0 aliphatic carbocycles. The number of halogens is 7. The molecule has 2 aromatic carbocycles. The van der Waals surface area contributed by atoms with Gasteiger partial charge in [-0.25, -0.2) is 8.70 Å². The van der Waals surface area contributed by atoms with Gasteiger partial charge in [-0.15, -0.1) is 0 Å². The molecule has 5 nitrogen and oxygen atoms in total. The van der Waals surface area contributed by atoms with Crippen molar-refractivity contribution in [3.63, 3.8) is 0 Å². The number of nitrogens with two attached hydrogens (primary N) is 1. The zero-order valence-corrected chi connectivity index (χ0v) is 17.6. The molecule has 33 heavy (non-hydrogen) atoms. The first-order valence-corrected chi connectivity index (χ1v) is 10.2. The largest absolute Gasteiger partial charge is 0.430 e. The Balaban J connectivity index is 1.68. The summed E-state index contributed by atoms with van der Waals surface area (Å²) in [4.78, 5) is 13.2. The molecule has 1 heterocycles. The third-order valence-electron chi connectivity index (χ3n) is 5.12. The van der Waals surface area contributed by atoms with Gasteiger partial charge in [-0.1, -0.05) is 12.1 Å². The summed E-state index contributed by atoms with van der Waals surface area (Å²) in [5, 5.41) is 9.82. The van der Waals surface area contributed by atoms with Crippen molar-refractivity contribution in [2.75, 3.05) is 31.1 Å². The topological polar surface area (TPSA) is 69.8 Å². The SMILES string of the molecule is NC(=O)C(O)(c1ccc(SN2CCN(c3ccc(F)cc3C(F)(F)F)CC2)cc1)C(F)(F)F. The zero-order chi connectivity index (χ0) is 24.6. The highest BCUT2D eigenvalue weighted by Gasteiger charge is 2.59. The van der Waals surface area contributed by atoms with Gasteiger partial charge in [0.05, 0.1) is 5.56 Å². The second-order valence-corrected chi connectivity index (χ2v) is 8.43. The minimum atomic E-state index is -5.31. The predicted octanol–water partition coefficient (Wildman–Crippen LogP) is 3.91. The lowest BCUT2D eigenvalue weighted by atomic mass is 9.92. The number of carbonyl (C=O) groups is 1. The number of benzene rings is 2. The normalized spacial score (nSPS) is 17.6. The van der Waals surface area contributed by atoms with Crippen LogP contribution >= 0.6 is 11.9 Å². The summed E-state index contributed by atoms with van der Waals surface area (Å²) >= 11 is 1.15. The summed E-state index contributed by atoms with van der Waals surface area (Å²) in [6, 6.07) is 6.91. The van der Waals surface area contributed by atoms with Gasteiger partial charge in [0.25, 0.3) is 11.5 Å². The third-order valence-corrected chi connectivity index (χ3v) is 6.22. The van der Waals surface area contributed by atoms with Gasteiger partial charge in [0.1, 0.15) is 5.82 Å². The molecule has 3 rings (SSSR count). The molecule has 0 bridgehead atoms. The first-order valence-electron chi connectivity index (χ1n) is 9.47. The maximum Gasteiger partial charge on any atom is 0.430 e. The Kier molecular flexibility index (Phi) is 6.87. The molecule has 1 amide bonds.